The van der Waals surface area contributed by atoms with Gasteiger partial charge in [-0.05, 0) is 37.7 Å². The van der Waals surface area contributed by atoms with Gasteiger partial charge in [0.25, 0.3) is 0 Å². The molecule has 1 N–H and O–H groups in total. The van der Waals surface area contributed by atoms with E-state index in [1.807, 2.05) is 30.1 Å². The highest BCUT2D eigenvalue weighted by Gasteiger charge is 2.30. The molecule has 0 aromatic heterocycles. The Morgan fingerprint density at radius 3 is 2.67 bits per heavy atom. The zero-order chi connectivity index (χ0) is 18.5. The molecular formula is C21H34ClN3O2. The van der Waals surface area contributed by atoms with Crippen LogP contribution in [0.15, 0.2) is 24.3 Å². The van der Waals surface area contributed by atoms with Crippen molar-refractivity contribution in [2.45, 2.75) is 44.7 Å². The Hall–Kier alpha value is -1.30. The Bertz CT molecular complexity index is 605. The van der Waals surface area contributed by atoms with Gasteiger partial charge in [0.2, 0.25) is 5.91 Å². The summed E-state index contributed by atoms with van der Waals surface area (Å²) in [6.07, 6.45) is 4.75. The zero-order valence-corrected chi connectivity index (χ0v) is 17.6. The van der Waals surface area contributed by atoms with Crippen LogP contribution < -0.4 is 10.1 Å². The Labute approximate surface area is 169 Å². The molecule has 1 aliphatic carbocycles. The summed E-state index contributed by atoms with van der Waals surface area (Å²) in [6.45, 7) is 5.44. The maximum Gasteiger partial charge on any atom is 0.236 e. The molecule has 0 bridgehead atoms. The first-order chi connectivity index (χ1) is 12.6. The molecule has 1 heterocycles. The summed E-state index contributed by atoms with van der Waals surface area (Å²) >= 11 is 0. The minimum absolute atomic E-state index is 0. The van der Waals surface area contributed by atoms with Crippen molar-refractivity contribution in [3.8, 4) is 5.75 Å². The van der Waals surface area contributed by atoms with Crippen LogP contribution in [0.2, 0.25) is 0 Å². The van der Waals surface area contributed by atoms with Crippen molar-refractivity contribution in [1.29, 1.82) is 0 Å². The SMILES string of the molecule is COc1ccccc1C1CNCCN1CC(=O)N(C)C1CCC(C)CC1.Cl. The van der Waals surface area contributed by atoms with Crippen LogP contribution in [-0.2, 0) is 4.79 Å². The number of amides is 1. The number of carbonyl (C=O) groups excluding carboxylic acids is 1. The summed E-state index contributed by atoms with van der Waals surface area (Å²) < 4.78 is 5.55. The van der Waals surface area contributed by atoms with Gasteiger partial charge < -0.3 is 15.0 Å². The minimum Gasteiger partial charge on any atom is -0.496 e. The Kier molecular flexibility index (Phi) is 8.39. The van der Waals surface area contributed by atoms with Crippen molar-refractivity contribution in [3.05, 3.63) is 29.8 Å². The third-order valence-corrected chi connectivity index (χ3v) is 6.12. The topological polar surface area (TPSA) is 44.8 Å². The van der Waals surface area contributed by atoms with Crippen molar-refractivity contribution in [3.63, 3.8) is 0 Å². The summed E-state index contributed by atoms with van der Waals surface area (Å²) in [5.74, 6) is 1.94. The van der Waals surface area contributed by atoms with Crippen LogP contribution in [0.4, 0.5) is 0 Å². The molecule has 1 amide bonds. The fraction of sp³-hybridized carbons (Fsp3) is 0.667. The molecule has 6 heteroatoms. The van der Waals surface area contributed by atoms with E-state index in [-0.39, 0.29) is 24.4 Å². The molecule has 1 aromatic carbocycles. The molecule has 2 aliphatic rings. The van der Waals surface area contributed by atoms with Crippen LogP contribution in [0.25, 0.3) is 0 Å². The third-order valence-electron chi connectivity index (χ3n) is 6.12. The van der Waals surface area contributed by atoms with Crippen molar-refractivity contribution in [2.75, 3.05) is 40.3 Å². The summed E-state index contributed by atoms with van der Waals surface area (Å²) in [4.78, 5) is 17.3. The van der Waals surface area contributed by atoms with Gasteiger partial charge in [0, 0.05) is 38.3 Å². The molecule has 5 nitrogen and oxygen atoms in total. The van der Waals surface area contributed by atoms with Crippen LogP contribution >= 0.6 is 12.4 Å². The molecule has 1 aromatic rings. The second-order valence-corrected chi connectivity index (χ2v) is 7.85. The third kappa shape index (κ3) is 5.37. The molecule has 1 aliphatic heterocycles. The number of hydrogen-bond acceptors (Lipinski definition) is 4. The van der Waals surface area contributed by atoms with Crippen molar-refractivity contribution < 1.29 is 9.53 Å². The maximum absolute atomic E-state index is 13.0. The monoisotopic (exact) mass is 395 g/mol. The van der Waals surface area contributed by atoms with Gasteiger partial charge in [-0.25, -0.2) is 0 Å². The van der Waals surface area contributed by atoms with Crippen molar-refractivity contribution in [1.82, 2.24) is 15.1 Å². The zero-order valence-electron chi connectivity index (χ0n) is 16.8. The number of para-hydroxylation sites is 1. The average molecular weight is 396 g/mol. The maximum atomic E-state index is 13.0. The van der Waals surface area contributed by atoms with E-state index in [2.05, 4.69) is 23.2 Å². The van der Waals surface area contributed by atoms with Crippen molar-refractivity contribution >= 4 is 18.3 Å². The second kappa shape index (κ2) is 10.3. The number of likely N-dealkylation sites (N-methyl/N-ethyl adjacent to an activating group) is 1. The molecule has 152 valence electrons. The Morgan fingerprint density at radius 2 is 1.96 bits per heavy atom. The highest BCUT2D eigenvalue weighted by molar-refractivity contribution is 5.85. The molecular weight excluding hydrogens is 362 g/mol. The minimum atomic E-state index is 0. The van der Waals surface area contributed by atoms with Gasteiger partial charge in [-0.2, -0.15) is 0 Å². The van der Waals surface area contributed by atoms with Gasteiger partial charge in [0.15, 0.2) is 0 Å². The fourth-order valence-corrected chi connectivity index (χ4v) is 4.30. The van der Waals surface area contributed by atoms with E-state index in [4.69, 9.17) is 4.74 Å². The molecule has 0 spiro atoms. The molecule has 3 rings (SSSR count). The smallest absolute Gasteiger partial charge is 0.236 e. The Balaban J connectivity index is 0.00000261. The second-order valence-electron chi connectivity index (χ2n) is 7.85. The number of hydrogen-bond donors (Lipinski definition) is 1. The quantitative estimate of drug-likeness (QED) is 0.832. The van der Waals surface area contributed by atoms with Crippen molar-refractivity contribution in [2.24, 2.45) is 5.92 Å². The van der Waals surface area contributed by atoms with Gasteiger partial charge in [-0.15, -0.1) is 12.4 Å². The molecule has 0 radical (unpaired) electrons. The Morgan fingerprint density at radius 1 is 1.26 bits per heavy atom. The van der Waals surface area contributed by atoms with Crippen LogP contribution in [0.3, 0.4) is 0 Å². The molecule has 1 unspecified atom stereocenters. The predicted molar refractivity (Wildman–Crippen MR) is 112 cm³/mol. The normalized spacial score (nSPS) is 26.1. The first-order valence-electron chi connectivity index (χ1n) is 9.93. The lowest BCUT2D eigenvalue weighted by Gasteiger charge is -2.39. The highest BCUT2D eigenvalue weighted by Crippen LogP contribution is 2.31. The van der Waals surface area contributed by atoms with Gasteiger partial charge >= 0.3 is 0 Å². The molecule has 1 saturated carbocycles. The molecule has 1 atom stereocenters. The highest BCUT2D eigenvalue weighted by atomic mass is 35.5. The number of ether oxygens (including phenoxy) is 1. The standard InChI is InChI=1S/C21H33N3O2.ClH/c1-16-8-10-17(11-9-16)23(2)21(25)15-24-13-12-22-14-19(24)18-6-4-5-7-20(18)26-3;/h4-7,16-17,19,22H,8-15H2,1-3H3;1H. The van der Waals surface area contributed by atoms with Crippen LogP contribution in [0.1, 0.15) is 44.2 Å². The summed E-state index contributed by atoms with van der Waals surface area (Å²) in [5, 5.41) is 3.46. The molecule has 1 saturated heterocycles. The lowest BCUT2D eigenvalue weighted by atomic mass is 9.87. The number of rotatable bonds is 5. The largest absolute Gasteiger partial charge is 0.496 e. The first-order valence-corrected chi connectivity index (χ1v) is 9.93. The number of nitrogens with zero attached hydrogens (tertiary/aromatic N) is 2. The summed E-state index contributed by atoms with van der Waals surface area (Å²) in [5.41, 5.74) is 1.16. The van der Waals surface area contributed by atoms with E-state index in [9.17, 15) is 4.79 Å². The van der Waals surface area contributed by atoms with E-state index in [1.54, 1.807) is 7.11 Å². The lowest BCUT2D eigenvalue weighted by Crippen LogP contribution is -2.51. The van der Waals surface area contributed by atoms with Gasteiger partial charge in [0.1, 0.15) is 5.75 Å². The molecule has 27 heavy (non-hydrogen) atoms. The van der Waals surface area contributed by atoms with Gasteiger partial charge in [-0.1, -0.05) is 25.1 Å². The fourth-order valence-electron chi connectivity index (χ4n) is 4.30. The van der Waals surface area contributed by atoms with Gasteiger partial charge in [-0.3, -0.25) is 9.69 Å². The van der Waals surface area contributed by atoms with E-state index in [1.165, 1.54) is 12.8 Å². The van der Waals surface area contributed by atoms with Gasteiger partial charge in [0.05, 0.1) is 19.7 Å². The number of nitrogens with one attached hydrogen (secondary N) is 1. The van der Waals surface area contributed by atoms with E-state index in [0.29, 0.717) is 12.6 Å². The van der Waals surface area contributed by atoms with E-state index < -0.39 is 0 Å². The number of piperazine rings is 1. The predicted octanol–water partition coefficient (Wildman–Crippen LogP) is 3.10. The lowest BCUT2D eigenvalue weighted by molar-refractivity contribution is -0.134. The van der Waals surface area contributed by atoms with Crippen LogP contribution in [0, 0.1) is 5.92 Å². The van der Waals surface area contributed by atoms with E-state index >= 15 is 0 Å². The van der Waals surface area contributed by atoms with E-state index in [0.717, 1.165) is 49.7 Å². The average Bonchev–Trinajstić information content (AvgIpc) is 2.68. The first kappa shape index (κ1) is 22.0. The number of methoxy groups -OCH3 is 1. The molecule has 2 fully saturated rings. The number of halogens is 1. The van der Waals surface area contributed by atoms with Crippen LogP contribution in [0.5, 0.6) is 5.75 Å². The number of benzene rings is 1. The summed E-state index contributed by atoms with van der Waals surface area (Å²) in [6, 6.07) is 8.72. The summed E-state index contributed by atoms with van der Waals surface area (Å²) in [7, 11) is 3.70. The number of carbonyl (C=O) groups is 1. The van der Waals surface area contributed by atoms with Crippen LogP contribution in [-0.4, -0.2) is 62.1 Å².